The van der Waals surface area contributed by atoms with Crippen molar-refractivity contribution in [2.75, 3.05) is 6.54 Å². The molecule has 2 atom stereocenters. The first-order chi connectivity index (χ1) is 6.58. The summed E-state index contributed by atoms with van der Waals surface area (Å²) in [6.07, 6.45) is 3.79. The average Bonchev–Trinajstić information content (AvgIpc) is 2.54. The molecule has 1 aromatic heterocycles. The van der Waals surface area contributed by atoms with Crippen LogP contribution in [-0.4, -0.2) is 21.4 Å². The Labute approximate surface area is 83.7 Å². The summed E-state index contributed by atoms with van der Waals surface area (Å²) < 4.78 is 1.75. The van der Waals surface area contributed by atoms with Gasteiger partial charge < -0.3 is 10.8 Å². The molecule has 1 aliphatic carbocycles. The molecule has 0 fully saturated rings. The van der Waals surface area contributed by atoms with Gasteiger partial charge in [0.1, 0.15) is 5.60 Å². The van der Waals surface area contributed by atoms with Crippen molar-refractivity contribution in [2.45, 2.75) is 25.4 Å². The van der Waals surface area contributed by atoms with E-state index in [0.717, 1.165) is 24.1 Å². The minimum absolute atomic E-state index is 0.212. The third-order valence-corrected chi connectivity index (χ3v) is 3.31. The smallest absolute Gasteiger partial charge is 0.108 e. The molecule has 1 aromatic rings. The molecule has 2 unspecified atom stereocenters. The zero-order valence-corrected chi connectivity index (χ0v) is 8.70. The van der Waals surface area contributed by atoms with Crippen molar-refractivity contribution in [3.8, 4) is 0 Å². The lowest BCUT2D eigenvalue weighted by molar-refractivity contribution is -0.0191. The van der Waals surface area contributed by atoms with E-state index in [0.29, 0.717) is 0 Å². The number of fused-ring (bicyclic) bond motifs is 1. The third-order valence-electron chi connectivity index (χ3n) is 3.31. The molecule has 0 aliphatic heterocycles. The van der Waals surface area contributed by atoms with Crippen LogP contribution in [0.15, 0.2) is 6.20 Å². The molecule has 0 saturated carbocycles. The molecule has 3 N–H and O–H groups in total. The first kappa shape index (κ1) is 9.68. The maximum atomic E-state index is 10.4. The molecule has 1 aliphatic rings. The molecule has 1 heterocycles. The predicted octanol–water partition coefficient (Wildman–Crippen LogP) is 0.149. The number of aliphatic hydroxyl groups is 1. The Hall–Kier alpha value is -0.870. The minimum atomic E-state index is -0.873. The number of hydrogen-bond donors (Lipinski definition) is 2. The normalized spacial score (nSPS) is 31.6. The van der Waals surface area contributed by atoms with Crippen molar-refractivity contribution in [3.63, 3.8) is 0 Å². The summed E-state index contributed by atoms with van der Waals surface area (Å²) in [4.78, 5) is 0. The van der Waals surface area contributed by atoms with Gasteiger partial charge in [0, 0.05) is 25.4 Å². The van der Waals surface area contributed by atoms with Gasteiger partial charge in [0.2, 0.25) is 0 Å². The standard InChI is InChI=1S/C10H17N3O/c1-7-3-4-9-8(5-13(2)12-9)10(7,14)6-11/h5,7,14H,3-4,6,11H2,1-2H3. The Kier molecular flexibility index (Phi) is 2.12. The molecule has 0 saturated heterocycles. The van der Waals surface area contributed by atoms with Crippen LogP contribution in [0.3, 0.4) is 0 Å². The van der Waals surface area contributed by atoms with E-state index in [-0.39, 0.29) is 12.5 Å². The highest BCUT2D eigenvalue weighted by Crippen LogP contribution is 2.38. The highest BCUT2D eigenvalue weighted by Gasteiger charge is 2.40. The van der Waals surface area contributed by atoms with Gasteiger partial charge in [0.05, 0.1) is 5.69 Å². The Morgan fingerprint density at radius 1 is 1.79 bits per heavy atom. The molecule has 0 bridgehead atoms. The van der Waals surface area contributed by atoms with Gasteiger partial charge in [-0.05, 0) is 18.8 Å². The van der Waals surface area contributed by atoms with Crippen LogP contribution in [0.2, 0.25) is 0 Å². The van der Waals surface area contributed by atoms with Gasteiger partial charge in [0.25, 0.3) is 0 Å². The Morgan fingerprint density at radius 2 is 2.50 bits per heavy atom. The van der Waals surface area contributed by atoms with Crippen molar-refractivity contribution >= 4 is 0 Å². The lowest BCUT2D eigenvalue weighted by Crippen LogP contribution is -2.44. The second-order valence-electron chi connectivity index (χ2n) is 4.23. The molecular weight excluding hydrogens is 178 g/mol. The fraction of sp³-hybridized carbons (Fsp3) is 0.700. The minimum Gasteiger partial charge on any atom is -0.383 e. The van der Waals surface area contributed by atoms with E-state index in [2.05, 4.69) is 5.10 Å². The Bertz CT molecular complexity index is 347. The molecule has 4 nitrogen and oxygen atoms in total. The SMILES string of the molecule is CC1CCc2nn(C)cc2C1(O)CN. The van der Waals surface area contributed by atoms with E-state index >= 15 is 0 Å². The molecule has 14 heavy (non-hydrogen) atoms. The first-order valence-corrected chi connectivity index (χ1v) is 5.03. The van der Waals surface area contributed by atoms with Crippen molar-refractivity contribution in [3.05, 3.63) is 17.5 Å². The molecule has 0 spiro atoms. The summed E-state index contributed by atoms with van der Waals surface area (Å²) in [6, 6.07) is 0. The number of nitrogens with zero attached hydrogens (tertiary/aromatic N) is 2. The lowest BCUT2D eigenvalue weighted by Gasteiger charge is -2.36. The number of hydrogen-bond acceptors (Lipinski definition) is 3. The lowest BCUT2D eigenvalue weighted by atomic mass is 9.75. The largest absolute Gasteiger partial charge is 0.383 e. The van der Waals surface area contributed by atoms with Gasteiger partial charge in [-0.2, -0.15) is 5.10 Å². The van der Waals surface area contributed by atoms with Crippen molar-refractivity contribution in [1.29, 1.82) is 0 Å². The van der Waals surface area contributed by atoms with Crippen LogP contribution in [0.25, 0.3) is 0 Å². The van der Waals surface area contributed by atoms with Crippen molar-refractivity contribution in [1.82, 2.24) is 9.78 Å². The van der Waals surface area contributed by atoms with Crippen LogP contribution in [0.5, 0.6) is 0 Å². The molecule has 0 radical (unpaired) electrons. The summed E-state index contributed by atoms with van der Waals surface area (Å²) >= 11 is 0. The van der Waals surface area contributed by atoms with Gasteiger partial charge in [-0.15, -0.1) is 0 Å². The van der Waals surface area contributed by atoms with Gasteiger partial charge in [0.15, 0.2) is 0 Å². The quantitative estimate of drug-likeness (QED) is 0.670. The first-order valence-electron chi connectivity index (χ1n) is 5.03. The fourth-order valence-corrected chi connectivity index (χ4v) is 2.25. The fourth-order valence-electron chi connectivity index (χ4n) is 2.25. The van der Waals surface area contributed by atoms with Crippen LogP contribution in [0.1, 0.15) is 24.6 Å². The zero-order valence-electron chi connectivity index (χ0n) is 8.70. The van der Waals surface area contributed by atoms with Gasteiger partial charge >= 0.3 is 0 Å². The van der Waals surface area contributed by atoms with Crippen molar-refractivity contribution < 1.29 is 5.11 Å². The van der Waals surface area contributed by atoms with Crippen molar-refractivity contribution in [2.24, 2.45) is 18.7 Å². The van der Waals surface area contributed by atoms with Crippen LogP contribution < -0.4 is 5.73 Å². The summed E-state index contributed by atoms with van der Waals surface area (Å²) in [5.41, 5.74) is 6.71. The maximum Gasteiger partial charge on any atom is 0.108 e. The molecule has 0 amide bonds. The zero-order chi connectivity index (χ0) is 10.3. The van der Waals surface area contributed by atoms with Crippen LogP contribution in [0.4, 0.5) is 0 Å². The molecular formula is C10H17N3O. The number of rotatable bonds is 1. The second kappa shape index (κ2) is 3.07. The Morgan fingerprint density at radius 3 is 3.14 bits per heavy atom. The van der Waals surface area contributed by atoms with E-state index in [4.69, 9.17) is 5.73 Å². The van der Waals surface area contributed by atoms with E-state index in [1.165, 1.54) is 0 Å². The predicted molar refractivity (Wildman–Crippen MR) is 53.6 cm³/mol. The topological polar surface area (TPSA) is 64.1 Å². The number of aryl methyl sites for hydroxylation is 2. The highest BCUT2D eigenvalue weighted by molar-refractivity contribution is 5.29. The van der Waals surface area contributed by atoms with Gasteiger partial charge in [-0.25, -0.2) is 0 Å². The third kappa shape index (κ3) is 1.18. The summed E-state index contributed by atoms with van der Waals surface area (Å²) in [5.74, 6) is 0.212. The van der Waals surface area contributed by atoms with E-state index in [1.54, 1.807) is 4.68 Å². The molecule has 0 aromatic carbocycles. The second-order valence-corrected chi connectivity index (χ2v) is 4.23. The monoisotopic (exact) mass is 195 g/mol. The summed E-state index contributed by atoms with van der Waals surface area (Å²) in [5, 5.41) is 14.8. The molecule has 2 rings (SSSR count). The van der Waals surface area contributed by atoms with E-state index in [1.807, 2.05) is 20.2 Å². The summed E-state index contributed by atoms with van der Waals surface area (Å²) in [7, 11) is 1.87. The summed E-state index contributed by atoms with van der Waals surface area (Å²) in [6.45, 7) is 2.32. The van der Waals surface area contributed by atoms with E-state index < -0.39 is 5.60 Å². The van der Waals surface area contributed by atoms with Crippen LogP contribution >= 0.6 is 0 Å². The van der Waals surface area contributed by atoms with Gasteiger partial charge in [-0.3, -0.25) is 4.68 Å². The molecule has 78 valence electrons. The van der Waals surface area contributed by atoms with Crippen LogP contribution in [-0.2, 0) is 19.1 Å². The Balaban J connectivity index is 2.51. The van der Waals surface area contributed by atoms with Gasteiger partial charge in [-0.1, -0.05) is 6.92 Å². The molecule has 4 heteroatoms. The number of nitrogens with two attached hydrogens (primary N) is 1. The highest BCUT2D eigenvalue weighted by atomic mass is 16.3. The number of aromatic nitrogens is 2. The average molecular weight is 195 g/mol. The van der Waals surface area contributed by atoms with E-state index in [9.17, 15) is 5.11 Å². The van der Waals surface area contributed by atoms with Crippen LogP contribution in [0, 0.1) is 5.92 Å². The maximum absolute atomic E-state index is 10.4.